The maximum Gasteiger partial charge on any atom is 0.338 e. The highest BCUT2D eigenvalue weighted by atomic mass is 16.6. The van der Waals surface area contributed by atoms with Crippen LogP contribution < -0.4 is 9.47 Å². The molecule has 0 N–H and O–H groups in total. The van der Waals surface area contributed by atoms with Gasteiger partial charge in [-0.15, -0.1) is 0 Å². The van der Waals surface area contributed by atoms with Crippen LogP contribution in [-0.2, 0) is 14.2 Å². The number of hydrogen-bond acceptors (Lipinski definition) is 6. The zero-order valence-corrected chi connectivity index (χ0v) is 14.8. The average Bonchev–Trinajstić information content (AvgIpc) is 2.55. The van der Waals surface area contributed by atoms with Crippen molar-refractivity contribution in [2.45, 2.75) is 13.8 Å². The van der Waals surface area contributed by atoms with Crippen LogP contribution in [0.25, 0.3) is 5.57 Å². The van der Waals surface area contributed by atoms with E-state index in [1.807, 2.05) is 6.92 Å². The lowest BCUT2D eigenvalue weighted by atomic mass is 10.0. The largest absolute Gasteiger partial charge is 0.487 e. The first-order valence-electron chi connectivity index (χ1n) is 7.79. The van der Waals surface area contributed by atoms with Gasteiger partial charge in [-0.1, -0.05) is 12.2 Å². The van der Waals surface area contributed by atoms with E-state index in [1.165, 1.54) is 0 Å². The summed E-state index contributed by atoms with van der Waals surface area (Å²) in [5, 5.41) is 0. The fourth-order valence-corrected chi connectivity index (χ4v) is 1.99. The highest BCUT2D eigenvalue weighted by Crippen LogP contribution is 2.34. The minimum Gasteiger partial charge on any atom is -0.487 e. The fourth-order valence-electron chi connectivity index (χ4n) is 1.99. The van der Waals surface area contributed by atoms with Gasteiger partial charge in [0, 0.05) is 14.2 Å². The third-order valence-corrected chi connectivity index (χ3v) is 3.13. The molecule has 0 spiro atoms. The van der Waals surface area contributed by atoms with Gasteiger partial charge >= 0.3 is 5.97 Å². The molecular weight excluding hydrogens is 312 g/mol. The van der Waals surface area contributed by atoms with Crippen molar-refractivity contribution in [1.29, 1.82) is 0 Å². The Bertz CT molecular complexity index is 553. The first kappa shape index (κ1) is 20.0. The monoisotopic (exact) mass is 338 g/mol. The van der Waals surface area contributed by atoms with Crippen LogP contribution in [0.5, 0.6) is 11.5 Å². The molecule has 0 saturated carbocycles. The second kappa shape index (κ2) is 10.7. The van der Waals surface area contributed by atoms with Crippen LogP contribution in [0.15, 0.2) is 18.7 Å². The van der Waals surface area contributed by atoms with E-state index in [-0.39, 0.29) is 0 Å². The number of esters is 1. The van der Waals surface area contributed by atoms with Gasteiger partial charge in [0.2, 0.25) is 0 Å². The highest BCUT2D eigenvalue weighted by molar-refractivity contribution is 5.96. The van der Waals surface area contributed by atoms with Gasteiger partial charge in [-0.2, -0.15) is 0 Å². The Hall–Kier alpha value is -2.05. The maximum atomic E-state index is 12.2. The minimum atomic E-state index is -0.421. The van der Waals surface area contributed by atoms with Crippen LogP contribution in [0.2, 0.25) is 0 Å². The number of ether oxygens (including phenoxy) is 5. The van der Waals surface area contributed by atoms with E-state index in [1.54, 1.807) is 33.3 Å². The molecule has 0 unspecified atom stereocenters. The number of benzene rings is 1. The van der Waals surface area contributed by atoms with E-state index < -0.39 is 5.97 Å². The van der Waals surface area contributed by atoms with E-state index in [0.29, 0.717) is 55.7 Å². The molecule has 0 saturated heterocycles. The van der Waals surface area contributed by atoms with Gasteiger partial charge in [0.1, 0.15) is 13.2 Å². The van der Waals surface area contributed by atoms with Crippen molar-refractivity contribution in [2.75, 3.05) is 47.3 Å². The summed E-state index contributed by atoms with van der Waals surface area (Å²) in [7, 11) is 3.19. The average molecular weight is 338 g/mol. The van der Waals surface area contributed by atoms with Gasteiger partial charge in [0.05, 0.1) is 25.4 Å². The quantitative estimate of drug-likeness (QED) is 0.457. The zero-order chi connectivity index (χ0) is 17.9. The first-order chi connectivity index (χ1) is 11.5. The van der Waals surface area contributed by atoms with E-state index in [4.69, 9.17) is 23.7 Å². The molecule has 0 fully saturated rings. The van der Waals surface area contributed by atoms with Gasteiger partial charge in [-0.3, -0.25) is 0 Å². The highest BCUT2D eigenvalue weighted by Gasteiger charge is 2.19. The molecule has 0 bridgehead atoms. The molecule has 134 valence electrons. The predicted octanol–water partition coefficient (Wildman–Crippen LogP) is 2.95. The SMILES string of the molecule is C=C(C)c1cc(OCCOC)c(OCCOC)cc1C(=O)OCC. The number of methoxy groups -OCH3 is 2. The Morgan fingerprint density at radius 1 is 0.958 bits per heavy atom. The van der Waals surface area contributed by atoms with Crippen LogP contribution in [-0.4, -0.2) is 53.2 Å². The van der Waals surface area contributed by atoms with Crippen LogP contribution in [0, 0.1) is 0 Å². The molecule has 0 aliphatic heterocycles. The summed E-state index contributed by atoms with van der Waals surface area (Å²) in [6.45, 7) is 9.37. The van der Waals surface area contributed by atoms with Crippen LogP contribution in [0.3, 0.4) is 0 Å². The van der Waals surface area contributed by atoms with Gasteiger partial charge in [-0.05, 0) is 31.5 Å². The third-order valence-electron chi connectivity index (χ3n) is 3.13. The molecule has 0 heterocycles. The third kappa shape index (κ3) is 5.86. The summed E-state index contributed by atoms with van der Waals surface area (Å²) >= 11 is 0. The summed E-state index contributed by atoms with van der Waals surface area (Å²) in [5.74, 6) is 0.556. The van der Waals surface area contributed by atoms with E-state index in [0.717, 1.165) is 5.57 Å². The van der Waals surface area contributed by atoms with E-state index in [9.17, 15) is 4.79 Å². The molecule has 1 rings (SSSR count). The number of carbonyl (C=O) groups is 1. The lowest BCUT2D eigenvalue weighted by Crippen LogP contribution is -2.12. The van der Waals surface area contributed by atoms with Crippen molar-refractivity contribution in [2.24, 2.45) is 0 Å². The lowest BCUT2D eigenvalue weighted by Gasteiger charge is -2.17. The molecule has 1 aromatic carbocycles. The van der Waals surface area contributed by atoms with E-state index in [2.05, 4.69) is 6.58 Å². The molecular formula is C18H26O6. The Morgan fingerprint density at radius 3 is 1.88 bits per heavy atom. The van der Waals surface area contributed by atoms with E-state index >= 15 is 0 Å². The van der Waals surface area contributed by atoms with Crippen molar-refractivity contribution in [3.05, 3.63) is 29.8 Å². The molecule has 0 radical (unpaired) electrons. The summed E-state index contributed by atoms with van der Waals surface area (Å²) in [6, 6.07) is 3.37. The topological polar surface area (TPSA) is 63.2 Å². The number of allylic oxidation sites excluding steroid dienone is 1. The summed E-state index contributed by atoms with van der Waals surface area (Å²) < 4.78 is 26.5. The number of hydrogen-bond donors (Lipinski definition) is 0. The lowest BCUT2D eigenvalue weighted by molar-refractivity contribution is 0.0525. The molecule has 24 heavy (non-hydrogen) atoms. The molecule has 0 aliphatic carbocycles. The van der Waals surface area contributed by atoms with Crippen molar-refractivity contribution < 1.29 is 28.5 Å². The molecule has 1 aromatic rings. The minimum absolute atomic E-state index is 0.292. The maximum absolute atomic E-state index is 12.2. The van der Waals surface area contributed by atoms with Crippen molar-refractivity contribution >= 4 is 11.5 Å². The Labute approximate surface area is 143 Å². The Kier molecular flexibility index (Phi) is 8.89. The van der Waals surface area contributed by atoms with Crippen LogP contribution >= 0.6 is 0 Å². The summed E-state index contributed by atoms with van der Waals surface area (Å²) in [5.41, 5.74) is 1.80. The number of carbonyl (C=O) groups excluding carboxylic acids is 1. The van der Waals surface area contributed by atoms with Crippen LogP contribution in [0.1, 0.15) is 29.8 Å². The Morgan fingerprint density at radius 2 is 1.46 bits per heavy atom. The Balaban J connectivity index is 3.20. The zero-order valence-electron chi connectivity index (χ0n) is 14.8. The standard InChI is InChI=1S/C18H26O6/c1-6-22-18(19)15-12-17(24-10-8-21-5)16(23-9-7-20-4)11-14(15)13(2)3/h11-12H,2,6-10H2,1,3-5H3. The summed E-state index contributed by atoms with van der Waals surface area (Å²) in [6.07, 6.45) is 0. The fraction of sp³-hybridized carbons (Fsp3) is 0.500. The summed E-state index contributed by atoms with van der Waals surface area (Å²) in [4.78, 5) is 12.2. The molecule has 6 heteroatoms. The molecule has 0 amide bonds. The van der Waals surface area contributed by atoms with Crippen molar-refractivity contribution in [3.8, 4) is 11.5 Å². The smallest absolute Gasteiger partial charge is 0.338 e. The van der Waals surface area contributed by atoms with Gasteiger partial charge in [0.15, 0.2) is 11.5 Å². The predicted molar refractivity (Wildman–Crippen MR) is 91.8 cm³/mol. The second-order valence-electron chi connectivity index (χ2n) is 5.03. The van der Waals surface area contributed by atoms with Crippen molar-refractivity contribution in [1.82, 2.24) is 0 Å². The van der Waals surface area contributed by atoms with Gasteiger partial charge in [0.25, 0.3) is 0 Å². The van der Waals surface area contributed by atoms with Gasteiger partial charge in [-0.25, -0.2) is 4.79 Å². The number of rotatable bonds is 11. The van der Waals surface area contributed by atoms with Gasteiger partial charge < -0.3 is 23.7 Å². The molecule has 0 atom stereocenters. The van der Waals surface area contributed by atoms with Crippen LogP contribution in [0.4, 0.5) is 0 Å². The second-order valence-corrected chi connectivity index (χ2v) is 5.03. The molecule has 0 aromatic heterocycles. The normalized spacial score (nSPS) is 10.3. The molecule has 6 nitrogen and oxygen atoms in total. The molecule has 0 aliphatic rings. The first-order valence-corrected chi connectivity index (χ1v) is 7.79. The van der Waals surface area contributed by atoms with Crippen molar-refractivity contribution in [3.63, 3.8) is 0 Å².